The van der Waals surface area contributed by atoms with Gasteiger partial charge >= 0.3 is 5.69 Å². The first-order valence-electron chi connectivity index (χ1n) is 10.4. The predicted molar refractivity (Wildman–Crippen MR) is 145 cm³/mol. The number of hydrogen-bond donors (Lipinski definition) is 0. The minimum atomic E-state index is -0.512. The number of aryl methyl sites for hydroxylation is 1. The lowest BCUT2D eigenvalue weighted by Gasteiger charge is -2.10. The average Bonchev–Trinajstić information content (AvgIpc) is 2.83. The third-order valence-electron chi connectivity index (χ3n) is 5.09. The van der Waals surface area contributed by atoms with E-state index < -0.39 is 4.92 Å². The molecule has 0 aliphatic carbocycles. The van der Waals surface area contributed by atoms with Crippen molar-refractivity contribution in [2.45, 2.75) is 20.0 Å². The summed E-state index contributed by atoms with van der Waals surface area (Å²) in [6, 6.07) is 15.4. The van der Waals surface area contributed by atoms with Gasteiger partial charge in [0.05, 0.1) is 22.0 Å². The molecule has 0 amide bonds. The zero-order valence-electron chi connectivity index (χ0n) is 18.2. The van der Waals surface area contributed by atoms with Crippen molar-refractivity contribution in [1.82, 2.24) is 9.66 Å². The van der Waals surface area contributed by atoms with Crippen LogP contribution in [0.1, 0.15) is 23.9 Å². The fourth-order valence-corrected chi connectivity index (χ4v) is 4.86. The van der Waals surface area contributed by atoms with Crippen molar-refractivity contribution in [1.29, 1.82) is 0 Å². The molecular formula is C24H17Br3N4O4. The Bertz CT molecular complexity index is 1540. The third kappa shape index (κ3) is 5.68. The first-order chi connectivity index (χ1) is 16.8. The smallest absolute Gasteiger partial charge is 0.311 e. The van der Waals surface area contributed by atoms with Crippen LogP contribution in [0.25, 0.3) is 10.9 Å². The number of nitrogens with zero attached hydrogens (tertiary/aromatic N) is 4. The van der Waals surface area contributed by atoms with E-state index in [9.17, 15) is 14.9 Å². The highest BCUT2D eigenvalue weighted by molar-refractivity contribution is 9.11. The molecule has 0 unspecified atom stereocenters. The monoisotopic (exact) mass is 662 g/mol. The van der Waals surface area contributed by atoms with Crippen molar-refractivity contribution in [3.05, 3.63) is 105 Å². The Labute approximate surface area is 225 Å². The van der Waals surface area contributed by atoms with Gasteiger partial charge in [-0.3, -0.25) is 14.9 Å². The van der Waals surface area contributed by atoms with Crippen LogP contribution < -0.4 is 10.3 Å². The molecule has 0 fully saturated rings. The summed E-state index contributed by atoms with van der Waals surface area (Å²) in [5, 5.41) is 16.4. The molecule has 0 radical (unpaired) electrons. The van der Waals surface area contributed by atoms with Gasteiger partial charge in [0.1, 0.15) is 12.4 Å². The number of nitro benzene ring substituents is 1. The van der Waals surface area contributed by atoms with Gasteiger partial charge in [0.25, 0.3) is 5.56 Å². The minimum Gasteiger partial charge on any atom is -0.482 e. The van der Waals surface area contributed by atoms with E-state index in [0.29, 0.717) is 28.7 Å². The zero-order chi connectivity index (χ0) is 25.1. The van der Waals surface area contributed by atoms with E-state index in [1.54, 1.807) is 18.2 Å². The van der Waals surface area contributed by atoms with Gasteiger partial charge in [-0.25, -0.2) is 4.98 Å². The molecule has 0 N–H and O–H groups in total. The Balaban J connectivity index is 1.65. The fourth-order valence-electron chi connectivity index (χ4n) is 3.34. The van der Waals surface area contributed by atoms with Crippen LogP contribution in [0.3, 0.4) is 0 Å². The summed E-state index contributed by atoms with van der Waals surface area (Å²) < 4.78 is 9.44. The molecular weight excluding hydrogens is 648 g/mol. The normalized spacial score (nSPS) is 11.3. The Morgan fingerprint density at radius 2 is 1.83 bits per heavy atom. The van der Waals surface area contributed by atoms with Gasteiger partial charge in [-0.15, -0.1) is 0 Å². The Hall–Kier alpha value is -2.89. The molecule has 178 valence electrons. The molecule has 0 atom stereocenters. The summed E-state index contributed by atoms with van der Waals surface area (Å²) in [5.41, 5.74) is 1.34. The quantitative estimate of drug-likeness (QED) is 0.126. The van der Waals surface area contributed by atoms with E-state index in [1.807, 2.05) is 31.2 Å². The van der Waals surface area contributed by atoms with Gasteiger partial charge < -0.3 is 4.74 Å². The van der Waals surface area contributed by atoms with Gasteiger partial charge in [-0.05, 0) is 42.5 Å². The number of aromatic nitrogens is 2. The molecule has 0 aliphatic rings. The largest absolute Gasteiger partial charge is 0.482 e. The average molecular weight is 665 g/mol. The van der Waals surface area contributed by atoms with Crippen LogP contribution in [-0.4, -0.2) is 20.8 Å². The lowest BCUT2D eigenvalue weighted by Crippen LogP contribution is -2.22. The summed E-state index contributed by atoms with van der Waals surface area (Å²) in [4.78, 5) is 28.7. The maximum atomic E-state index is 13.0. The molecule has 11 heteroatoms. The number of rotatable bonds is 7. The van der Waals surface area contributed by atoms with Crippen molar-refractivity contribution in [3.63, 3.8) is 0 Å². The van der Waals surface area contributed by atoms with Crippen LogP contribution in [0.15, 0.2) is 77.9 Å². The second-order valence-electron chi connectivity index (χ2n) is 7.41. The van der Waals surface area contributed by atoms with E-state index in [0.717, 1.165) is 19.0 Å². The molecule has 4 rings (SSSR count). The molecule has 1 aromatic heterocycles. The second-order valence-corrected chi connectivity index (χ2v) is 10.1. The molecule has 0 saturated carbocycles. The second kappa shape index (κ2) is 10.8. The van der Waals surface area contributed by atoms with Gasteiger partial charge in [0, 0.05) is 37.0 Å². The van der Waals surface area contributed by atoms with Crippen LogP contribution in [0.5, 0.6) is 5.75 Å². The van der Waals surface area contributed by atoms with Crippen LogP contribution in [0, 0.1) is 10.1 Å². The van der Waals surface area contributed by atoms with Crippen LogP contribution in [0.4, 0.5) is 5.69 Å². The first kappa shape index (κ1) is 25.2. The van der Waals surface area contributed by atoms with Crippen molar-refractivity contribution in [3.8, 4) is 5.75 Å². The van der Waals surface area contributed by atoms with Crippen molar-refractivity contribution >= 4 is 70.6 Å². The van der Waals surface area contributed by atoms with E-state index >= 15 is 0 Å². The predicted octanol–water partition coefficient (Wildman–Crippen LogP) is 6.62. The maximum absolute atomic E-state index is 13.0. The standard InChI is InChI=1S/C24H17Br3N4O4/c1-2-23-29-20-7-6-16(25)10-18(20)24(32)30(23)28-12-14-3-8-22(21(9-14)31(33)34)35-13-15-4-5-17(26)11-19(15)27/h3-12H,2,13H2,1H3. The summed E-state index contributed by atoms with van der Waals surface area (Å²) in [5.74, 6) is 0.612. The number of ether oxygens (including phenoxy) is 1. The third-order valence-corrected chi connectivity index (χ3v) is 6.82. The number of fused-ring (bicyclic) bond motifs is 1. The molecule has 8 nitrogen and oxygen atoms in total. The van der Waals surface area contributed by atoms with Crippen LogP contribution in [0.2, 0.25) is 0 Å². The minimum absolute atomic E-state index is 0.130. The lowest BCUT2D eigenvalue weighted by atomic mass is 10.2. The Morgan fingerprint density at radius 3 is 2.54 bits per heavy atom. The van der Waals surface area contributed by atoms with E-state index in [2.05, 4.69) is 57.9 Å². The highest BCUT2D eigenvalue weighted by atomic mass is 79.9. The van der Waals surface area contributed by atoms with Crippen LogP contribution >= 0.6 is 47.8 Å². The van der Waals surface area contributed by atoms with Gasteiger partial charge in [0.2, 0.25) is 0 Å². The van der Waals surface area contributed by atoms with Gasteiger partial charge in [0.15, 0.2) is 5.75 Å². The molecule has 0 saturated heterocycles. The van der Waals surface area contributed by atoms with Crippen molar-refractivity contribution in [2.75, 3.05) is 0 Å². The fraction of sp³-hybridized carbons (Fsp3) is 0.125. The molecule has 0 bridgehead atoms. The van der Waals surface area contributed by atoms with Gasteiger partial charge in [-0.2, -0.15) is 9.78 Å². The highest BCUT2D eigenvalue weighted by Gasteiger charge is 2.17. The SMILES string of the molecule is CCc1nc2ccc(Br)cc2c(=O)n1N=Cc1ccc(OCc2ccc(Br)cc2Br)c([N+](=O)[O-])c1. The van der Waals surface area contributed by atoms with Crippen molar-refractivity contribution in [2.24, 2.45) is 5.10 Å². The highest BCUT2D eigenvalue weighted by Crippen LogP contribution is 2.30. The van der Waals surface area contributed by atoms with Crippen LogP contribution in [-0.2, 0) is 13.0 Å². The Kier molecular flexibility index (Phi) is 7.78. The van der Waals surface area contributed by atoms with Gasteiger partial charge in [-0.1, -0.05) is 60.8 Å². The summed E-state index contributed by atoms with van der Waals surface area (Å²) in [7, 11) is 0. The summed E-state index contributed by atoms with van der Waals surface area (Å²) >= 11 is 10.2. The number of halogens is 3. The van der Waals surface area contributed by atoms with E-state index in [1.165, 1.54) is 23.0 Å². The molecule has 4 aromatic rings. The van der Waals surface area contributed by atoms with E-state index in [-0.39, 0.29) is 23.6 Å². The topological polar surface area (TPSA) is 99.6 Å². The zero-order valence-corrected chi connectivity index (χ0v) is 23.0. The lowest BCUT2D eigenvalue weighted by molar-refractivity contribution is -0.385. The summed E-state index contributed by atoms with van der Waals surface area (Å²) in [6.07, 6.45) is 1.88. The molecule has 0 spiro atoms. The summed E-state index contributed by atoms with van der Waals surface area (Å²) in [6.45, 7) is 2.02. The Morgan fingerprint density at radius 1 is 1.09 bits per heavy atom. The molecule has 3 aromatic carbocycles. The molecule has 35 heavy (non-hydrogen) atoms. The number of nitro groups is 1. The molecule has 0 aliphatic heterocycles. The molecule has 1 heterocycles. The number of hydrogen-bond acceptors (Lipinski definition) is 6. The van der Waals surface area contributed by atoms with E-state index in [4.69, 9.17) is 4.74 Å². The first-order valence-corrected chi connectivity index (χ1v) is 12.8. The van der Waals surface area contributed by atoms with Crippen molar-refractivity contribution < 1.29 is 9.66 Å². The number of benzene rings is 3. The maximum Gasteiger partial charge on any atom is 0.311 e.